The Morgan fingerprint density at radius 2 is 1.20 bits per heavy atom. The van der Waals surface area contributed by atoms with Gasteiger partial charge in [-0.3, -0.25) is 8.98 Å². The minimum absolute atomic E-state index is 0. The van der Waals surface area contributed by atoms with Crippen LogP contribution in [-0.4, -0.2) is 95.4 Å². The molecule has 1 heterocycles. The van der Waals surface area contributed by atoms with E-state index in [-0.39, 0.29) is 48.5 Å². The van der Waals surface area contributed by atoms with Crippen LogP contribution in [0.15, 0.2) is 12.2 Å². The summed E-state index contributed by atoms with van der Waals surface area (Å²) in [6.07, 6.45) is 23.6. The van der Waals surface area contributed by atoms with Gasteiger partial charge < -0.3 is 39.8 Å². The molecule has 1 saturated heterocycles. The zero-order valence-corrected chi connectivity index (χ0v) is 36.9. The van der Waals surface area contributed by atoms with Crippen LogP contribution in [0.4, 0.5) is 0 Å². The Kier molecular flexibility index (Phi) is 34.7. The molecule has 1 fully saturated rings. The van der Waals surface area contributed by atoms with Crippen LogP contribution in [0.2, 0.25) is 0 Å². The van der Waals surface area contributed by atoms with Crippen molar-refractivity contribution in [3.63, 3.8) is 0 Å². The number of aliphatic hydroxyl groups excluding tert-OH is 4. The van der Waals surface area contributed by atoms with Crippen LogP contribution in [-0.2, 0) is 28.9 Å². The number of hydrogen-bond acceptors (Lipinski definition) is 11. The van der Waals surface area contributed by atoms with Crippen molar-refractivity contribution in [2.45, 2.75) is 224 Å². The molecule has 314 valence electrons. The van der Waals surface area contributed by atoms with Gasteiger partial charge in [0, 0.05) is 6.42 Å². The maximum atomic E-state index is 12.9. The topological polar surface area (TPSA) is 195 Å². The molecule has 0 bridgehead atoms. The number of rotatable bonds is 35. The van der Waals surface area contributed by atoms with Gasteiger partial charge in [0.15, 0.2) is 6.29 Å². The van der Waals surface area contributed by atoms with Crippen LogP contribution < -0.4 is 34.9 Å². The van der Waals surface area contributed by atoms with E-state index in [0.717, 1.165) is 38.5 Å². The monoisotopic (exact) mass is 802 g/mol. The summed E-state index contributed by atoms with van der Waals surface area (Å²) in [4.78, 5) is 12.9. The molecule has 0 radical (unpaired) electrons. The van der Waals surface area contributed by atoms with Gasteiger partial charge >= 0.3 is 29.6 Å². The molecule has 0 aliphatic carbocycles. The third kappa shape index (κ3) is 27.5. The van der Waals surface area contributed by atoms with Crippen molar-refractivity contribution < 1.29 is 81.4 Å². The van der Waals surface area contributed by atoms with Gasteiger partial charge in [-0.05, 0) is 19.3 Å². The second kappa shape index (κ2) is 34.8. The van der Waals surface area contributed by atoms with Crippen LogP contribution in [0, 0.1) is 0 Å². The van der Waals surface area contributed by atoms with Gasteiger partial charge in [0.2, 0.25) is 16.3 Å². The van der Waals surface area contributed by atoms with E-state index in [2.05, 4.69) is 23.3 Å². The number of amides is 1. The maximum Gasteiger partial charge on any atom is 1.00 e. The molecular formula is C40H76NNaO11S. The summed E-state index contributed by atoms with van der Waals surface area (Å²) in [5, 5.41) is 44.4. The van der Waals surface area contributed by atoms with Crippen LogP contribution in [0.3, 0.4) is 0 Å². The number of carbonyl (C=O) groups is 1. The largest absolute Gasteiger partial charge is 1.00 e. The molecule has 0 aromatic rings. The Bertz CT molecular complexity index is 1020. The van der Waals surface area contributed by atoms with Crippen molar-refractivity contribution in [1.29, 1.82) is 0 Å². The maximum absolute atomic E-state index is 12.9. The normalized spacial score (nSPS) is 21.6. The van der Waals surface area contributed by atoms with Crippen LogP contribution >= 0.6 is 0 Å². The van der Waals surface area contributed by atoms with Gasteiger partial charge in [0.1, 0.15) is 24.4 Å². The van der Waals surface area contributed by atoms with E-state index < -0.39 is 59.9 Å². The summed E-state index contributed by atoms with van der Waals surface area (Å²) in [6.45, 7) is 3.32. The van der Waals surface area contributed by atoms with E-state index >= 15 is 0 Å². The van der Waals surface area contributed by atoms with E-state index in [1.165, 1.54) is 116 Å². The minimum atomic E-state index is -5.33. The average molecular weight is 802 g/mol. The Balaban J connectivity index is 0.0000281. The van der Waals surface area contributed by atoms with E-state index in [1.807, 2.05) is 6.08 Å². The van der Waals surface area contributed by atoms with Crippen molar-refractivity contribution in [2.24, 2.45) is 0 Å². The Hall–Kier alpha value is -0.160. The fourth-order valence-electron chi connectivity index (χ4n) is 6.74. The molecule has 14 heteroatoms. The third-order valence-corrected chi connectivity index (χ3v) is 10.5. The molecule has 0 aromatic heterocycles. The number of carbonyl (C=O) groups excluding carboxylic acids is 1. The number of nitrogens with one attached hydrogen (secondary N) is 1. The number of aliphatic hydroxyl groups is 4. The molecule has 1 rings (SSSR count). The van der Waals surface area contributed by atoms with Crippen LogP contribution in [0.25, 0.3) is 0 Å². The van der Waals surface area contributed by atoms with Gasteiger partial charge in [0.05, 0.1) is 25.4 Å². The molecule has 54 heavy (non-hydrogen) atoms. The first kappa shape index (κ1) is 53.8. The summed E-state index contributed by atoms with van der Waals surface area (Å²) in [6, 6.07) is -0.948. The predicted octanol–water partition coefficient (Wildman–Crippen LogP) is 3.88. The Labute approximate surface area is 350 Å². The smallest absolute Gasteiger partial charge is 0.726 e. The standard InChI is InChI=1S/C40H77NO11S.Na/c1-3-5-7-9-11-13-15-17-19-21-23-25-27-29-34(43)33(32-50-40-38(46)39(52-53(47,48)49)37(45)35(31-42)51-40)41-36(44)30-28-26-24-22-20-18-16-14-12-10-8-6-4-2;/h27,29,33-35,37-40,42-43,45-46H,3-26,28,30-32H2,1-2H3,(H,41,44)(H,47,48,49);/q;+1/p-1/b29-27+;/t33-,34+,35-,37+,38-,39-,40+;/m0./s1. The predicted molar refractivity (Wildman–Crippen MR) is 207 cm³/mol. The fourth-order valence-corrected chi connectivity index (χ4v) is 7.24. The van der Waals surface area contributed by atoms with E-state index in [9.17, 15) is 38.2 Å². The van der Waals surface area contributed by atoms with E-state index in [0.29, 0.717) is 6.42 Å². The van der Waals surface area contributed by atoms with E-state index in [1.54, 1.807) is 6.08 Å². The van der Waals surface area contributed by atoms with Gasteiger partial charge in [-0.15, -0.1) is 0 Å². The number of hydrogen-bond donors (Lipinski definition) is 5. The molecule has 12 nitrogen and oxygen atoms in total. The summed E-state index contributed by atoms with van der Waals surface area (Å²) in [7, 11) is -5.33. The molecule has 1 amide bonds. The van der Waals surface area contributed by atoms with E-state index in [4.69, 9.17) is 9.47 Å². The van der Waals surface area contributed by atoms with Gasteiger partial charge in [-0.2, -0.15) is 0 Å². The zero-order valence-electron chi connectivity index (χ0n) is 34.0. The van der Waals surface area contributed by atoms with Gasteiger partial charge in [0.25, 0.3) is 0 Å². The summed E-state index contributed by atoms with van der Waals surface area (Å²) in [5.41, 5.74) is 0. The third-order valence-electron chi connectivity index (χ3n) is 10.1. The molecule has 0 spiro atoms. The fraction of sp³-hybridized carbons (Fsp3) is 0.925. The summed E-state index contributed by atoms with van der Waals surface area (Å²) >= 11 is 0. The number of unbranched alkanes of at least 4 members (excludes halogenated alkanes) is 23. The van der Waals surface area contributed by atoms with Crippen LogP contribution in [0.5, 0.6) is 0 Å². The first-order chi connectivity index (χ1) is 25.5. The summed E-state index contributed by atoms with van der Waals surface area (Å²) < 4.78 is 49.1. The van der Waals surface area contributed by atoms with Crippen molar-refractivity contribution in [3.8, 4) is 0 Å². The molecule has 1 aliphatic heterocycles. The second-order valence-corrected chi connectivity index (χ2v) is 15.9. The summed E-state index contributed by atoms with van der Waals surface area (Å²) in [5.74, 6) is -0.271. The van der Waals surface area contributed by atoms with Gasteiger partial charge in [-0.25, -0.2) is 8.42 Å². The van der Waals surface area contributed by atoms with Crippen LogP contribution in [0.1, 0.15) is 181 Å². The Morgan fingerprint density at radius 1 is 0.759 bits per heavy atom. The molecule has 1 aliphatic rings. The molecular weight excluding hydrogens is 725 g/mol. The quantitative estimate of drug-likeness (QED) is 0.0205. The van der Waals surface area contributed by atoms with Crippen molar-refractivity contribution in [2.75, 3.05) is 13.2 Å². The molecule has 5 N–H and O–H groups in total. The molecule has 7 atom stereocenters. The molecule has 0 unspecified atom stereocenters. The van der Waals surface area contributed by atoms with Crippen molar-refractivity contribution >= 4 is 16.3 Å². The second-order valence-electron chi connectivity index (χ2n) is 14.9. The first-order valence-electron chi connectivity index (χ1n) is 21.1. The SMILES string of the molecule is CCCCCCCCCCCCC/C=C/[C@@H](O)[C@H](CO[C@@H]1O[C@@H](CO)[C@@H](O)[C@H](OS(=O)(=O)[O-])[C@@H]1O)NC(=O)CCCCCCCCCCCCCCC.[Na+]. The Morgan fingerprint density at radius 3 is 1.65 bits per heavy atom. The van der Waals surface area contributed by atoms with Crippen molar-refractivity contribution in [3.05, 3.63) is 12.2 Å². The number of allylic oxidation sites excluding steroid dienone is 1. The zero-order chi connectivity index (χ0) is 39.2. The number of ether oxygens (including phenoxy) is 2. The molecule has 0 aromatic carbocycles. The van der Waals surface area contributed by atoms with Crippen molar-refractivity contribution in [1.82, 2.24) is 5.32 Å². The first-order valence-corrected chi connectivity index (χ1v) is 22.4. The van der Waals surface area contributed by atoms with Gasteiger partial charge in [-0.1, -0.05) is 167 Å². The minimum Gasteiger partial charge on any atom is -0.726 e. The average Bonchev–Trinajstić information content (AvgIpc) is 3.12. The molecule has 0 saturated carbocycles.